The zero-order valence-corrected chi connectivity index (χ0v) is 11.9. The Bertz CT molecular complexity index is 809. The smallest absolute Gasteiger partial charge is 0.277 e. The van der Waals surface area contributed by atoms with E-state index < -0.39 is 5.91 Å². The van der Waals surface area contributed by atoms with Crippen molar-refractivity contribution in [3.8, 4) is 11.4 Å². The van der Waals surface area contributed by atoms with Gasteiger partial charge in [-0.25, -0.2) is 4.68 Å². The van der Waals surface area contributed by atoms with Crippen molar-refractivity contribution in [1.82, 2.24) is 15.0 Å². The number of phenolic OH excluding ortho intramolecular Hbond substituents is 1. The summed E-state index contributed by atoms with van der Waals surface area (Å²) in [4.78, 5) is 12.1. The number of carbonyl (C=O) groups excluding carboxylic acids is 1. The van der Waals surface area contributed by atoms with Gasteiger partial charge >= 0.3 is 0 Å². The number of rotatable bonds is 3. The van der Waals surface area contributed by atoms with Crippen LogP contribution >= 0.6 is 0 Å². The highest BCUT2D eigenvalue weighted by atomic mass is 16.3. The number of anilines is 1. The van der Waals surface area contributed by atoms with E-state index in [1.165, 1.54) is 10.7 Å². The maximum Gasteiger partial charge on any atom is 0.277 e. The van der Waals surface area contributed by atoms with Crippen LogP contribution in [-0.4, -0.2) is 26.0 Å². The van der Waals surface area contributed by atoms with Crippen molar-refractivity contribution in [3.05, 3.63) is 66.0 Å². The summed E-state index contributed by atoms with van der Waals surface area (Å²) >= 11 is 0. The molecule has 0 saturated heterocycles. The van der Waals surface area contributed by atoms with Gasteiger partial charge in [0.05, 0.1) is 17.6 Å². The fraction of sp³-hybridized carbons (Fsp3) is 0.0625. The third-order valence-corrected chi connectivity index (χ3v) is 3.18. The van der Waals surface area contributed by atoms with Crippen LogP contribution in [0.3, 0.4) is 0 Å². The van der Waals surface area contributed by atoms with Crippen LogP contribution < -0.4 is 5.32 Å². The van der Waals surface area contributed by atoms with E-state index in [9.17, 15) is 9.90 Å². The summed E-state index contributed by atoms with van der Waals surface area (Å²) < 4.78 is 1.53. The van der Waals surface area contributed by atoms with Crippen LogP contribution in [0.25, 0.3) is 5.69 Å². The Balaban J connectivity index is 1.80. The van der Waals surface area contributed by atoms with Crippen molar-refractivity contribution in [2.75, 3.05) is 5.32 Å². The van der Waals surface area contributed by atoms with Gasteiger partial charge in [-0.1, -0.05) is 35.0 Å². The lowest BCUT2D eigenvalue weighted by atomic mass is 10.2. The van der Waals surface area contributed by atoms with E-state index in [-0.39, 0.29) is 11.4 Å². The molecular weight excluding hydrogens is 280 g/mol. The lowest BCUT2D eigenvalue weighted by molar-refractivity contribution is 0.102. The molecule has 110 valence electrons. The zero-order chi connectivity index (χ0) is 15.5. The maximum absolute atomic E-state index is 12.1. The van der Waals surface area contributed by atoms with Gasteiger partial charge in [-0.15, -0.1) is 5.10 Å². The fourth-order valence-electron chi connectivity index (χ4n) is 1.96. The summed E-state index contributed by atoms with van der Waals surface area (Å²) in [6.45, 7) is 2.00. The molecule has 6 nitrogen and oxygen atoms in total. The first-order valence-corrected chi connectivity index (χ1v) is 6.72. The van der Waals surface area contributed by atoms with Crippen molar-refractivity contribution >= 4 is 11.6 Å². The molecule has 2 aromatic carbocycles. The first-order chi connectivity index (χ1) is 10.6. The molecule has 0 spiro atoms. The van der Waals surface area contributed by atoms with Crippen molar-refractivity contribution < 1.29 is 9.90 Å². The second-order valence-electron chi connectivity index (χ2n) is 4.86. The number of carbonyl (C=O) groups is 1. The molecule has 0 bridgehead atoms. The number of aryl methyl sites for hydroxylation is 1. The molecule has 0 fully saturated rings. The molecule has 0 unspecified atom stereocenters. The van der Waals surface area contributed by atoms with Gasteiger partial charge < -0.3 is 10.4 Å². The molecule has 0 aliphatic rings. The first kappa shape index (κ1) is 13.8. The Kier molecular flexibility index (Phi) is 3.57. The van der Waals surface area contributed by atoms with Gasteiger partial charge in [-0.2, -0.15) is 0 Å². The highest BCUT2D eigenvalue weighted by Gasteiger charge is 2.13. The predicted octanol–water partition coefficient (Wildman–Crippen LogP) is 2.53. The van der Waals surface area contributed by atoms with Crippen molar-refractivity contribution in [1.29, 1.82) is 0 Å². The third-order valence-electron chi connectivity index (χ3n) is 3.18. The standard InChI is InChI=1S/C16H14N4O2/c1-11-6-8-12(9-7-11)20-10-14(18-19-20)16(22)17-13-4-2-3-5-15(13)21/h2-10,21H,1H3,(H,17,22). The normalized spacial score (nSPS) is 10.4. The Hall–Kier alpha value is -3.15. The van der Waals surface area contributed by atoms with Crippen LogP contribution in [0.2, 0.25) is 0 Å². The monoisotopic (exact) mass is 294 g/mol. The molecule has 1 heterocycles. The predicted molar refractivity (Wildman–Crippen MR) is 82.2 cm³/mol. The molecule has 6 heteroatoms. The van der Waals surface area contributed by atoms with Crippen LogP contribution in [0.4, 0.5) is 5.69 Å². The minimum Gasteiger partial charge on any atom is -0.506 e. The molecule has 1 aromatic heterocycles. The van der Waals surface area contributed by atoms with Crippen LogP contribution in [0.1, 0.15) is 16.1 Å². The summed E-state index contributed by atoms with van der Waals surface area (Å²) in [7, 11) is 0. The molecule has 0 aliphatic carbocycles. The number of amides is 1. The fourth-order valence-corrected chi connectivity index (χ4v) is 1.96. The number of nitrogens with one attached hydrogen (secondary N) is 1. The van der Waals surface area contributed by atoms with Gasteiger partial charge in [0, 0.05) is 0 Å². The summed E-state index contributed by atoms with van der Waals surface area (Å²) in [6.07, 6.45) is 1.54. The Labute approximate surface area is 127 Å². The SMILES string of the molecule is Cc1ccc(-n2cc(C(=O)Nc3ccccc3O)nn2)cc1. The van der Waals surface area contributed by atoms with Crippen LogP contribution in [0, 0.1) is 6.92 Å². The second kappa shape index (κ2) is 5.69. The molecule has 22 heavy (non-hydrogen) atoms. The molecule has 0 radical (unpaired) electrons. The van der Waals surface area contributed by atoms with E-state index in [4.69, 9.17) is 0 Å². The lowest BCUT2D eigenvalue weighted by Gasteiger charge is -2.04. The average Bonchev–Trinajstić information content (AvgIpc) is 3.00. The second-order valence-corrected chi connectivity index (χ2v) is 4.86. The van der Waals surface area contributed by atoms with Gasteiger partial charge in [-0.3, -0.25) is 4.79 Å². The number of benzene rings is 2. The molecular formula is C16H14N4O2. The van der Waals surface area contributed by atoms with Gasteiger partial charge in [0.15, 0.2) is 5.69 Å². The van der Waals surface area contributed by atoms with E-state index in [1.54, 1.807) is 24.4 Å². The van der Waals surface area contributed by atoms with E-state index in [0.29, 0.717) is 5.69 Å². The van der Waals surface area contributed by atoms with Crippen molar-refractivity contribution in [2.45, 2.75) is 6.92 Å². The molecule has 1 amide bonds. The molecule has 0 aliphatic heterocycles. The summed E-state index contributed by atoms with van der Waals surface area (Å²) in [5.41, 5.74) is 2.46. The van der Waals surface area contributed by atoms with E-state index in [1.807, 2.05) is 31.2 Å². The number of phenols is 1. The van der Waals surface area contributed by atoms with E-state index in [0.717, 1.165) is 11.3 Å². The van der Waals surface area contributed by atoms with Gasteiger partial charge in [0.25, 0.3) is 5.91 Å². The minimum absolute atomic E-state index is 0.00164. The molecule has 3 rings (SSSR count). The lowest BCUT2D eigenvalue weighted by Crippen LogP contribution is -2.12. The molecule has 0 atom stereocenters. The number of aromatic nitrogens is 3. The van der Waals surface area contributed by atoms with Crippen molar-refractivity contribution in [2.24, 2.45) is 0 Å². The van der Waals surface area contributed by atoms with Gasteiger partial charge in [-0.05, 0) is 31.2 Å². The Morgan fingerprint density at radius 1 is 1.14 bits per heavy atom. The first-order valence-electron chi connectivity index (χ1n) is 6.72. The average molecular weight is 294 g/mol. The Morgan fingerprint density at radius 3 is 2.59 bits per heavy atom. The number of hydrogen-bond acceptors (Lipinski definition) is 4. The van der Waals surface area contributed by atoms with Crippen LogP contribution in [-0.2, 0) is 0 Å². The molecule has 0 saturated carbocycles. The summed E-state index contributed by atoms with van der Waals surface area (Å²) in [5, 5.41) is 20.1. The summed E-state index contributed by atoms with van der Waals surface area (Å²) in [6, 6.07) is 14.2. The number of aromatic hydroxyl groups is 1. The largest absolute Gasteiger partial charge is 0.506 e. The number of hydrogen-bond donors (Lipinski definition) is 2. The number of nitrogens with zero attached hydrogens (tertiary/aromatic N) is 3. The highest BCUT2D eigenvalue weighted by molar-refractivity contribution is 6.03. The van der Waals surface area contributed by atoms with E-state index >= 15 is 0 Å². The topological polar surface area (TPSA) is 80.0 Å². The number of para-hydroxylation sites is 2. The minimum atomic E-state index is -0.431. The van der Waals surface area contributed by atoms with Gasteiger partial charge in [0.1, 0.15) is 5.75 Å². The molecule has 2 N–H and O–H groups in total. The van der Waals surface area contributed by atoms with Gasteiger partial charge in [0.2, 0.25) is 0 Å². The molecule has 3 aromatic rings. The maximum atomic E-state index is 12.1. The summed E-state index contributed by atoms with van der Waals surface area (Å²) in [5.74, 6) is -0.429. The third kappa shape index (κ3) is 2.80. The van der Waals surface area contributed by atoms with Crippen LogP contribution in [0.5, 0.6) is 5.75 Å². The van der Waals surface area contributed by atoms with E-state index in [2.05, 4.69) is 15.6 Å². The highest BCUT2D eigenvalue weighted by Crippen LogP contribution is 2.22. The van der Waals surface area contributed by atoms with Crippen LogP contribution in [0.15, 0.2) is 54.7 Å². The zero-order valence-electron chi connectivity index (χ0n) is 11.9. The Morgan fingerprint density at radius 2 is 1.86 bits per heavy atom. The van der Waals surface area contributed by atoms with Crippen molar-refractivity contribution in [3.63, 3.8) is 0 Å². The quantitative estimate of drug-likeness (QED) is 0.727.